The van der Waals surface area contributed by atoms with Crippen LogP contribution in [-0.4, -0.2) is 33.7 Å². The highest BCUT2D eigenvalue weighted by atomic mass is 32.2. The smallest absolute Gasteiger partial charge is 0.261 e. The standard InChI is InChI=1S/C24H26N2O4S/c1-18(30-22-16-14-21(15-17-22)26(2)31(3,28)29)24(27)25-23(19-10-6-4-7-11-19)20-12-8-5-9-13-20/h4-18,23H,1-3H3,(H,25,27)/t18-/m1/s1. The molecule has 6 nitrogen and oxygen atoms in total. The number of hydrogen-bond donors (Lipinski definition) is 1. The number of sulfonamides is 1. The minimum absolute atomic E-state index is 0.255. The first-order valence-electron chi connectivity index (χ1n) is 9.86. The van der Waals surface area contributed by atoms with Crippen LogP contribution in [0.1, 0.15) is 24.1 Å². The number of carbonyl (C=O) groups excluding carboxylic acids is 1. The number of benzene rings is 3. The van der Waals surface area contributed by atoms with Gasteiger partial charge in [0.2, 0.25) is 10.0 Å². The fourth-order valence-corrected chi connectivity index (χ4v) is 3.60. The first-order chi connectivity index (χ1) is 14.8. The Balaban J connectivity index is 1.71. The van der Waals surface area contributed by atoms with Gasteiger partial charge in [0.05, 0.1) is 18.0 Å². The maximum absolute atomic E-state index is 12.9. The maximum Gasteiger partial charge on any atom is 0.261 e. The molecule has 3 aromatic carbocycles. The van der Waals surface area contributed by atoms with E-state index in [-0.39, 0.29) is 11.9 Å². The van der Waals surface area contributed by atoms with Crippen molar-refractivity contribution in [1.29, 1.82) is 0 Å². The van der Waals surface area contributed by atoms with Gasteiger partial charge in [-0.05, 0) is 42.3 Å². The minimum atomic E-state index is -3.34. The number of amides is 1. The Hall–Kier alpha value is -3.32. The molecule has 0 aliphatic rings. The van der Waals surface area contributed by atoms with Crippen LogP contribution in [0.15, 0.2) is 84.9 Å². The van der Waals surface area contributed by atoms with Crippen LogP contribution in [0.4, 0.5) is 5.69 Å². The number of ether oxygens (including phenoxy) is 1. The van der Waals surface area contributed by atoms with E-state index >= 15 is 0 Å². The van der Waals surface area contributed by atoms with Gasteiger partial charge in [-0.25, -0.2) is 8.42 Å². The van der Waals surface area contributed by atoms with Gasteiger partial charge in [-0.15, -0.1) is 0 Å². The Morgan fingerprint density at radius 1 is 0.871 bits per heavy atom. The molecular weight excluding hydrogens is 412 g/mol. The Labute approximate surface area is 183 Å². The molecule has 162 valence electrons. The van der Waals surface area contributed by atoms with Crippen LogP contribution in [0, 0.1) is 0 Å². The summed E-state index contributed by atoms with van der Waals surface area (Å²) in [6.45, 7) is 1.68. The van der Waals surface area contributed by atoms with Crippen molar-refractivity contribution in [2.75, 3.05) is 17.6 Å². The van der Waals surface area contributed by atoms with E-state index in [0.717, 1.165) is 17.4 Å². The quantitative estimate of drug-likeness (QED) is 0.581. The third kappa shape index (κ3) is 5.86. The van der Waals surface area contributed by atoms with Crippen molar-refractivity contribution in [3.05, 3.63) is 96.1 Å². The van der Waals surface area contributed by atoms with Gasteiger partial charge in [0.1, 0.15) is 5.75 Å². The largest absolute Gasteiger partial charge is 0.481 e. The van der Waals surface area contributed by atoms with E-state index in [2.05, 4.69) is 5.32 Å². The normalized spacial score (nSPS) is 12.3. The second kappa shape index (κ2) is 9.66. The van der Waals surface area contributed by atoms with Gasteiger partial charge in [0.15, 0.2) is 6.10 Å². The molecule has 1 amide bonds. The molecule has 0 fully saturated rings. The van der Waals surface area contributed by atoms with Gasteiger partial charge in [-0.1, -0.05) is 60.7 Å². The zero-order chi connectivity index (χ0) is 22.4. The molecule has 0 aliphatic heterocycles. The number of rotatable bonds is 8. The predicted molar refractivity (Wildman–Crippen MR) is 123 cm³/mol. The summed E-state index contributed by atoms with van der Waals surface area (Å²) < 4.78 is 30.3. The Bertz CT molecular complexity index is 1060. The van der Waals surface area contributed by atoms with Gasteiger partial charge in [0, 0.05) is 7.05 Å². The van der Waals surface area contributed by atoms with Crippen molar-refractivity contribution in [3.8, 4) is 5.75 Å². The summed E-state index contributed by atoms with van der Waals surface area (Å²) in [4.78, 5) is 12.9. The molecule has 0 saturated carbocycles. The van der Waals surface area contributed by atoms with Gasteiger partial charge >= 0.3 is 0 Å². The third-order valence-corrected chi connectivity index (χ3v) is 6.14. The maximum atomic E-state index is 12.9. The summed E-state index contributed by atoms with van der Waals surface area (Å²) in [6.07, 6.45) is 0.396. The number of carbonyl (C=O) groups is 1. The van der Waals surface area contributed by atoms with Gasteiger partial charge in [-0.2, -0.15) is 0 Å². The zero-order valence-electron chi connectivity index (χ0n) is 17.7. The lowest BCUT2D eigenvalue weighted by Crippen LogP contribution is -2.39. The molecule has 0 aliphatic carbocycles. The number of anilines is 1. The van der Waals surface area contributed by atoms with Crippen molar-refractivity contribution in [2.45, 2.75) is 19.1 Å². The second-order valence-electron chi connectivity index (χ2n) is 7.25. The molecule has 0 unspecified atom stereocenters. The van der Waals surface area contributed by atoms with Gasteiger partial charge < -0.3 is 10.1 Å². The lowest BCUT2D eigenvalue weighted by atomic mass is 9.98. The van der Waals surface area contributed by atoms with Gasteiger partial charge in [-0.3, -0.25) is 9.10 Å². The van der Waals surface area contributed by atoms with Crippen LogP contribution in [0.25, 0.3) is 0 Å². The summed E-state index contributed by atoms with van der Waals surface area (Å²) in [5.41, 5.74) is 2.46. The average Bonchev–Trinajstić information content (AvgIpc) is 2.78. The lowest BCUT2D eigenvalue weighted by molar-refractivity contribution is -0.127. The number of hydrogen-bond acceptors (Lipinski definition) is 4. The van der Waals surface area contributed by atoms with Crippen molar-refractivity contribution in [2.24, 2.45) is 0 Å². The molecule has 0 spiro atoms. The molecule has 0 bridgehead atoms. The van der Waals surface area contributed by atoms with Crippen molar-refractivity contribution in [3.63, 3.8) is 0 Å². The third-order valence-electron chi connectivity index (χ3n) is 4.93. The molecule has 0 aromatic heterocycles. The molecule has 0 radical (unpaired) electrons. The van der Waals surface area contributed by atoms with Crippen LogP contribution in [-0.2, 0) is 14.8 Å². The van der Waals surface area contributed by atoms with Crippen molar-refractivity contribution in [1.82, 2.24) is 5.32 Å². The highest BCUT2D eigenvalue weighted by Crippen LogP contribution is 2.23. The minimum Gasteiger partial charge on any atom is -0.481 e. The van der Waals surface area contributed by atoms with E-state index in [4.69, 9.17) is 4.74 Å². The number of nitrogens with one attached hydrogen (secondary N) is 1. The average molecular weight is 439 g/mol. The van der Waals surface area contributed by atoms with Crippen LogP contribution < -0.4 is 14.4 Å². The topological polar surface area (TPSA) is 75.7 Å². The molecule has 0 saturated heterocycles. The van der Waals surface area contributed by atoms with E-state index in [0.29, 0.717) is 11.4 Å². The predicted octanol–water partition coefficient (Wildman–Crippen LogP) is 3.76. The van der Waals surface area contributed by atoms with Crippen LogP contribution >= 0.6 is 0 Å². The first-order valence-corrected chi connectivity index (χ1v) is 11.7. The summed E-state index contributed by atoms with van der Waals surface area (Å²) in [7, 11) is -1.86. The van der Waals surface area contributed by atoms with Crippen LogP contribution in [0.3, 0.4) is 0 Å². The Morgan fingerprint density at radius 3 is 1.81 bits per heavy atom. The van der Waals surface area contributed by atoms with Crippen LogP contribution in [0.5, 0.6) is 5.75 Å². The van der Waals surface area contributed by atoms with Crippen LogP contribution in [0.2, 0.25) is 0 Å². The Morgan fingerprint density at radius 2 is 1.35 bits per heavy atom. The number of nitrogens with zero attached hydrogens (tertiary/aromatic N) is 1. The van der Waals surface area contributed by atoms with E-state index in [1.807, 2.05) is 60.7 Å². The zero-order valence-corrected chi connectivity index (χ0v) is 18.5. The monoisotopic (exact) mass is 438 g/mol. The highest BCUT2D eigenvalue weighted by Gasteiger charge is 2.22. The van der Waals surface area contributed by atoms with Gasteiger partial charge in [0.25, 0.3) is 5.91 Å². The van der Waals surface area contributed by atoms with E-state index in [1.165, 1.54) is 11.4 Å². The molecule has 31 heavy (non-hydrogen) atoms. The molecule has 1 N–H and O–H groups in total. The van der Waals surface area contributed by atoms with Crippen molar-refractivity contribution < 1.29 is 17.9 Å². The summed E-state index contributed by atoms with van der Waals surface area (Å²) in [5, 5.41) is 3.07. The molecule has 3 rings (SSSR count). The molecule has 7 heteroatoms. The fourth-order valence-electron chi connectivity index (χ4n) is 3.09. The Kier molecular flexibility index (Phi) is 6.97. The van der Waals surface area contributed by atoms with E-state index in [1.54, 1.807) is 31.2 Å². The molecular formula is C24H26N2O4S. The first kappa shape index (κ1) is 22.4. The molecule has 3 aromatic rings. The van der Waals surface area contributed by atoms with Crippen molar-refractivity contribution >= 4 is 21.6 Å². The fraction of sp³-hybridized carbons (Fsp3) is 0.208. The lowest BCUT2D eigenvalue weighted by Gasteiger charge is -2.23. The second-order valence-corrected chi connectivity index (χ2v) is 9.26. The summed E-state index contributed by atoms with van der Waals surface area (Å²) in [5.74, 6) is 0.222. The highest BCUT2D eigenvalue weighted by molar-refractivity contribution is 7.92. The summed E-state index contributed by atoms with van der Waals surface area (Å²) in [6, 6.07) is 25.8. The SMILES string of the molecule is C[C@@H](Oc1ccc(N(C)S(C)(=O)=O)cc1)C(=O)NC(c1ccccc1)c1ccccc1. The van der Waals surface area contributed by atoms with E-state index < -0.39 is 16.1 Å². The van der Waals surface area contributed by atoms with E-state index in [9.17, 15) is 13.2 Å². The molecule has 1 atom stereocenters. The summed E-state index contributed by atoms with van der Waals surface area (Å²) >= 11 is 0. The molecule has 0 heterocycles.